The van der Waals surface area contributed by atoms with Gasteiger partial charge in [0.15, 0.2) is 5.82 Å². The van der Waals surface area contributed by atoms with Crippen LogP contribution in [0, 0.1) is 6.92 Å². The third-order valence-corrected chi connectivity index (χ3v) is 2.56. The average molecular weight is 247 g/mol. The smallest absolute Gasteiger partial charge is 0.152 e. The molecule has 0 saturated carbocycles. The first kappa shape index (κ1) is 12.3. The molecule has 0 amide bonds. The van der Waals surface area contributed by atoms with E-state index in [4.69, 9.17) is 0 Å². The topological polar surface area (TPSA) is 80.5 Å². The fourth-order valence-electron chi connectivity index (χ4n) is 1.64. The summed E-state index contributed by atoms with van der Waals surface area (Å²) in [5.74, 6) is 3.18. The van der Waals surface area contributed by atoms with Crippen molar-refractivity contribution in [2.24, 2.45) is 0 Å². The van der Waals surface area contributed by atoms with Crippen molar-refractivity contribution in [3.63, 3.8) is 0 Å². The minimum atomic E-state index is 0.591. The molecule has 0 fully saturated rings. The van der Waals surface area contributed by atoms with Gasteiger partial charge in [-0.1, -0.05) is 0 Å². The quantitative estimate of drug-likeness (QED) is 0.822. The Kier molecular flexibility index (Phi) is 3.71. The molecule has 0 aliphatic carbocycles. The number of rotatable bonds is 5. The fourth-order valence-corrected chi connectivity index (χ4v) is 1.64. The van der Waals surface area contributed by atoms with Gasteiger partial charge >= 0.3 is 0 Å². The van der Waals surface area contributed by atoms with E-state index < -0.39 is 0 Å². The Morgan fingerprint density at radius 2 is 2.06 bits per heavy atom. The molecule has 7 heteroatoms. The molecule has 0 saturated heterocycles. The highest BCUT2D eigenvalue weighted by Crippen LogP contribution is 2.11. The van der Waals surface area contributed by atoms with Gasteiger partial charge in [-0.2, -0.15) is 0 Å². The molecule has 0 unspecified atom stereocenters. The highest BCUT2D eigenvalue weighted by molar-refractivity contribution is 5.47. The lowest BCUT2D eigenvalue weighted by atomic mass is 10.4. The number of hydrogen-bond donors (Lipinski definition) is 2. The maximum absolute atomic E-state index is 4.32. The first-order chi connectivity index (χ1) is 8.72. The first-order valence-corrected chi connectivity index (χ1v) is 5.87. The Morgan fingerprint density at radius 1 is 1.28 bits per heavy atom. The molecular weight excluding hydrogens is 230 g/mol. The van der Waals surface area contributed by atoms with Gasteiger partial charge in [-0.05, 0) is 13.8 Å². The van der Waals surface area contributed by atoms with E-state index >= 15 is 0 Å². The van der Waals surface area contributed by atoms with E-state index in [2.05, 4.69) is 37.7 Å². The molecule has 2 rings (SSSR count). The Bertz CT molecular complexity index is 520. The monoisotopic (exact) mass is 247 g/mol. The van der Waals surface area contributed by atoms with Crippen LogP contribution in [0.25, 0.3) is 0 Å². The average Bonchev–Trinajstić information content (AvgIpc) is 2.83. The van der Waals surface area contributed by atoms with E-state index in [1.807, 2.05) is 24.6 Å². The Balaban J connectivity index is 2.08. The van der Waals surface area contributed by atoms with Gasteiger partial charge in [0.1, 0.15) is 23.8 Å². The summed E-state index contributed by atoms with van der Waals surface area (Å²) in [6.07, 6.45) is 1.72. The molecule has 2 heterocycles. The predicted octanol–water partition coefficient (Wildman–Crippen LogP) is 1.05. The molecule has 18 heavy (non-hydrogen) atoms. The minimum Gasteiger partial charge on any atom is -0.373 e. The summed E-state index contributed by atoms with van der Waals surface area (Å²) >= 11 is 0. The van der Waals surface area contributed by atoms with E-state index in [1.54, 1.807) is 6.33 Å². The zero-order chi connectivity index (χ0) is 13.0. The largest absolute Gasteiger partial charge is 0.373 e. The van der Waals surface area contributed by atoms with Crippen molar-refractivity contribution in [3.05, 3.63) is 24.0 Å². The van der Waals surface area contributed by atoms with E-state index in [0.29, 0.717) is 6.54 Å². The molecule has 0 radical (unpaired) electrons. The van der Waals surface area contributed by atoms with Crippen molar-refractivity contribution in [1.82, 2.24) is 24.7 Å². The fraction of sp³-hybridized carbons (Fsp3) is 0.455. The Morgan fingerprint density at radius 3 is 2.78 bits per heavy atom. The molecule has 2 aromatic heterocycles. The zero-order valence-corrected chi connectivity index (χ0v) is 10.8. The van der Waals surface area contributed by atoms with Gasteiger partial charge in [0.05, 0.1) is 6.54 Å². The molecule has 0 aliphatic rings. The first-order valence-electron chi connectivity index (χ1n) is 5.87. The Labute approximate surface area is 106 Å². The molecule has 7 nitrogen and oxygen atoms in total. The van der Waals surface area contributed by atoms with Crippen LogP contribution in [-0.2, 0) is 13.1 Å². The predicted molar refractivity (Wildman–Crippen MR) is 69.3 cm³/mol. The van der Waals surface area contributed by atoms with Crippen LogP contribution in [-0.4, -0.2) is 31.8 Å². The standard InChI is InChI=1S/C11H17N7/c1-4-18-7-14-17-11(18)6-13-10-5-9(12-3)15-8(2)16-10/h5,7H,4,6H2,1-3H3,(H2,12,13,15,16). The molecule has 96 valence electrons. The lowest BCUT2D eigenvalue weighted by molar-refractivity contribution is 0.707. The van der Waals surface area contributed by atoms with Crippen LogP contribution >= 0.6 is 0 Å². The van der Waals surface area contributed by atoms with Gasteiger partial charge in [-0.25, -0.2) is 9.97 Å². The van der Waals surface area contributed by atoms with Crippen LogP contribution in [0.15, 0.2) is 12.4 Å². The lowest BCUT2D eigenvalue weighted by Crippen LogP contribution is -2.09. The highest BCUT2D eigenvalue weighted by Gasteiger charge is 2.04. The molecule has 2 aromatic rings. The third-order valence-electron chi connectivity index (χ3n) is 2.56. The summed E-state index contributed by atoms with van der Waals surface area (Å²) in [4.78, 5) is 8.55. The van der Waals surface area contributed by atoms with E-state index in [0.717, 1.165) is 29.8 Å². The van der Waals surface area contributed by atoms with E-state index in [1.165, 1.54) is 0 Å². The molecule has 0 spiro atoms. The number of nitrogens with one attached hydrogen (secondary N) is 2. The summed E-state index contributed by atoms with van der Waals surface area (Å²) < 4.78 is 1.99. The molecule has 0 bridgehead atoms. The van der Waals surface area contributed by atoms with E-state index in [9.17, 15) is 0 Å². The van der Waals surface area contributed by atoms with Crippen LogP contribution in [0.1, 0.15) is 18.6 Å². The second-order valence-corrected chi connectivity index (χ2v) is 3.82. The van der Waals surface area contributed by atoms with Crippen LogP contribution in [0.4, 0.5) is 11.6 Å². The minimum absolute atomic E-state index is 0.591. The van der Waals surface area contributed by atoms with Crippen molar-refractivity contribution in [1.29, 1.82) is 0 Å². The van der Waals surface area contributed by atoms with Crippen LogP contribution < -0.4 is 10.6 Å². The highest BCUT2D eigenvalue weighted by atomic mass is 15.3. The lowest BCUT2D eigenvalue weighted by Gasteiger charge is -2.08. The van der Waals surface area contributed by atoms with Crippen LogP contribution in [0.3, 0.4) is 0 Å². The van der Waals surface area contributed by atoms with Gasteiger partial charge < -0.3 is 15.2 Å². The summed E-state index contributed by atoms with van der Waals surface area (Å²) in [6, 6.07) is 1.86. The summed E-state index contributed by atoms with van der Waals surface area (Å²) in [5, 5.41) is 14.2. The number of aromatic nitrogens is 5. The third kappa shape index (κ3) is 2.73. The van der Waals surface area contributed by atoms with Crippen molar-refractivity contribution in [3.8, 4) is 0 Å². The van der Waals surface area contributed by atoms with Gasteiger partial charge in [-0.3, -0.25) is 0 Å². The van der Waals surface area contributed by atoms with Gasteiger partial charge in [-0.15, -0.1) is 10.2 Å². The van der Waals surface area contributed by atoms with Crippen LogP contribution in [0.2, 0.25) is 0 Å². The van der Waals surface area contributed by atoms with Gasteiger partial charge in [0.2, 0.25) is 0 Å². The van der Waals surface area contributed by atoms with Crippen molar-refractivity contribution < 1.29 is 0 Å². The van der Waals surface area contributed by atoms with Gasteiger partial charge in [0.25, 0.3) is 0 Å². The zero-order valence-electron chi connectivity index (χ0n) is 10.8. The second kappa shape index (κ2) is 5.44. The molecule has 0 aromatic carbocycles. The molecule has 0 aliphatic heterocycles. The summed E-state index contributed by atoms with van der Waals surface area (Å²) in [7, 11) is 1.83. The number of nitrogens with zero attached hydrogens (tertiary/aromatic N) is 5. The molecule has 2 N–H and O–H groups in total. The maximum Gasteiger partial charge on any atom is 0.152 e. The second-order valence-electron chi connectivity index (χ2n) is 3.82. The van der Waals surface area contributed by atoms with Crippen molar-refractivity contribution >= 4 is 11.6 Å². The number of aryl methyl sites for hydroxylation is 2. The molecule has 0 atom stereocenters. The van der Waals surface area contributed by atoms with Crippen molar-refractivity contribution in [2.75, 3.05) is 17.7 Å². The Hall–Kier alpha value is -2.18. The summed E-state index contributed by atoms with van der Waals surface area (Å²) in [6.45, 7) is 5.36. The SMILES string of the molecule is CCn1cnnc1CNc1cc(NC)nc(C)n1. The van der Waals surface area contributed by atoms with Crippen molar-refractivity contribution in [2.45, 2.75) is 26.9 Å². The normalized spacial score (nSPS) is 10.4. The van der Waals surface area contributed by atoms with E-state index in [-0.39, 0.29) is 0 Å². The number of anilines is 2. The molecular formula is C11H17N7. The van der Waals surface area contributed by atoms with Crippen LogP contribution in [0.5, 0.6) is 0 Å². The summed E-state index contributed by atoms with van der Waals surface area (Å²) in [5.41, 5.74) is 0. The van der Waals surface area contributed by atoms with Gasteiger partial charge in [0, 0.05) is 19.7 Å². The maximum atomic E-state index is 4.32. The number of hydrogen-bond acceptors (Lipinski definition) is 6.